The summed E-state index contributed by atoms with van der Waals surface area (Å²) in [5.41, 5.74) is 0.934. The second kappa shape index (κ2) is 7.25. The van der Waals surface area contributed by atoms with E-state index in [1.807, 2.05) is 20.8 Å². The lowest BCUT2D eigenvalue weighted by Crippen LogP contribution is -2.34. The van der Waals surface area contributed by atoms with Crippen molar-refractivity contribution in [2.24, 2.45) is 0 Å². The van der Waals surface area contributed by atoms with Gasteiger partial charge in [-0.2, -0.15) is 5.10 Å². The van der Waals surface area contributed by atoms with E-state index in [2.05, 4.69) is 10.4 Å². The van der Waals surface area contributed by atoms with E-state index in [-0.39, 0.29) is 5.75 Å². The number of alkyl carbamates (subject to hydrolysis) is 1. The quantitative estimate of drug-likeness (QED) is 0.879. The van der Waals surface area contributed by atoms with E-state index in [1.54, 1.807) is 42.4 Å². The molecule has 0 aliphatic rings. The van der Waals surface area contributed by atoms with Gasteiger partial charge < -0.3 is 19.9 Å². The molecule has 0 saturated heterocycles. The summed E-state index contributed by atoms with van der Waals surface area (Å²) >= 11 is 0. The number of ether oxygens (including phenoxy) is 2. The van der Waals surface area contributed by atoms with Crippen molar-refractivity contribution < 1.29 is 19.4 Å². The van der Waals surface area contributed by atoms with E-state index < -0.39 is 11.7 Å². The smallest absolute Gasteiger partial charge is 0.407 e. The number of carbonyl (C=O) groups is 1. The second-order valence-electron chi connectivity index (χ2n) is 6.30. The highest BCUT2D eigenvalue weighted by Gasteiger charge is 2.15. The lowest BCUT2D eigenvalue weighted by atomic mass is 10.1. The van der Waals surface area contributed by atoms with E-state index in [1.165, 1.54) is 0 Å². The standard InChI is InChI=1S/C17H23N3O4/c1-17(2,3)24-16(22)18-7-8-20-11-12(10-19-20)14-6-5-13(23-4)9-15(14)21/h5-6,9-11,21H,7-8H2,1-4H3,(H,18,22). The molecule has 0 spiro atoms. The Hall–Kier alpha value is -2.70. The van der Waals surface area contributed by atoms with Gasteiger partial charge in [-0.3, -0.25) is 4.68 Å². The van der Waals surface area contributed by atoms with Crippen molar-refractivity contribution in [1.29, 1.82) is 0 Å². The summed E-state index contributed by atoms with van der Waals surface area (Å²) in [5, 5.41) is 17.0. The Morgan fingerprint density at radius 3 is 2.75 bits per heavy atom. The monoisotopic (exact) mass is 333 g/mol. The first kappa shape index (κ1) is 17.7. The second-order valence-corrected chi connectivity index (χ2v) is 6.30. The number of phenolic OH excluding ortho intramolecular Hbond substituents is 1. The molecule has 7 nitrogen and oxygen atoms in total. The first-order valence-electron chi connectivity index (χ1n) is 7.65. The van der Waals surface area contributed by atoms with E-state index >= 15 is 0 Å². The highest BCUT2D eigenvalue weighted by Crippen LogP contribution is 2.31. The van der Waals surface area contributed by atoms with Crippen LogP contribution in [0.1, 0.15) is 20.8 Å². The number of phenols is 1. The fraction of sp³-hybridized carbons (Fsp3) is 0.412. The maximum absolute atomic E-state index is 11.6. The maximum Gasteiger partial charge on any atom is 0.407 e. The predicted octanol–water partition coefficient (Wildman–Crippen LogP) is 2.79. The van der Waals surface area contributed by atoms with Crippen LogP contribution in [0.3, 0.4) is 0 Å². The first-order chi connectivity index (χ1) is 11.3. The van der Waals surface area contributed by atoms with Gasteiger partial charge in [-0.25, -0.2) is 4.79 Å². The van der Waals surface area contributed by atoms with Crippen molar-refractivity contribution in [2.75, 3.05) is 13.7 Å². The molecule has 1 aromatic heterocycles. The summed E-state index contributed by atoms with van der Waals surface area (Å²) in [6, 6.07) is 5.10. The number of aromatic hydroxyl groups is 1. The predicted molar refractivity (Wildman–Crippen MR) is 90.1 cm³/mol. The number of carbonyl (C=O) groups excluding carboxylic acids is 1. The summed E-state index contributed by atoms with van der Waals surface area (Å²) in [6.45, 7) is 6.33. The number of aromatic nitrogens is 2. The Kier molecular flexibility index (Phi) is 5.33. The van der Waals surface area contributed by atoms with Crippen LogP contribution < -0.4 is 10.1 Å². The van der Waals surface area contributed by atoms with Gasteiger partial charge in [0.25, 0.3) is 0 Å². The zero-order chi connectivity index (χ0) is 17.7. The highest BCUT2D eigenvalue weighted by molar-refractivity contribution is 5.70. The molecule has 0 fully saturated rings. The number of hydrogen-bond donors (Lipinski definition) is 2. The van der Waals surface area contributed by atoms with E-state index in [9.17, 15) is 9.90 Å². The fourth-order valence-corrected chi connectivity index (χ4v) is 2.09. The Balaban J connectivity index is 1.93. The van der Waals surface area contributed by atoms with Crippen LogP contribution in [0.2, 0.25) is 0 Å². The summed E-state index contributed by atoms with van der Waals surface area (Å²) < 4.78 is 11.9. The van der Waals surface area contributed by atoms with Crippen molar-refractivity contribution in [2.45, 2.75) is 32.9 Å². The Bertz CT molecular complexity index is 704. The number of hydrogen-bond acceptors (Lipinski definition) is 5. The molecular formula is C17H23N3O4. The average molecular weight is 333 g/mol. The third-order valence-corrected chi connectivity index (χ3v) is 3.16. The van der Waals surface area contributed by atoms with Gasteiger partial charge in [0.05, 0.1) is 19.9 Å². The van der Waals surface area contributed by atoms with E-state index in [0.717, 1.165) is 5.56 Å². The zero-order valence-corrected chi connectivity index (χ0v) is 14.4. The minimum Gasteiger partial charge on any atom is -0.507 e. The Morgan fingerprint density at radius 1 is 1.38 bits per heavy atom. The molecule has 1 aromatic carbocycles. The summed E-state index contributed by atoms with van der Waals surface area (Å²) in [5.74, 6) is 0.714. The molecule has 2 N–H and O–H groups in total. The van der Waals surface area contributed by atoms with Crippen LogP contribution in [0.25, 0.3) is 11.1 Å². The lowest BCUT2D eigenvalue weighted by molar-refractivity contribution is 0.0525. The average Bonchev–Trinajstić information content (AvgIpc) is 2.93. The molecule has 0 bridgehead atoms. The number of amides is 1. The molecule has 0 radical (unpaired) electrons. The largest absolute Gasteiger partial charge is 0.507 e. The third kappa shape index (κ3) is 4.91. The van der Waals surface area contributed by atoms with Gasteiger partial charge in [0, 0.05) is 29.9 Å². The SMILES string of the molecule is COc1ccc(-c2cnn(CCNC(=O)OC(C)(C)C)c2)c(O)c1. The highest BCUT2D eigenvalue weighted by atomic mass is 16.6. The Morgan fingerprint density at radius 2 is 2.12 bits per heavy atom. The molecule has 0 saturated carbocycles. The van der Waals surface area contributed by atoms with Gasteiger partial charge in [-0.15, -0.1) is 0 Å². The maximum atomic E-state index is 11.6. The molecule has 0 unspecified atom stereocenters. The molecule has 2 rings (SSSR count). The van der Waals surface area contributed by atoms with Gasteiger partial charge in [-0.1, -0.05) is 0 Å². The molecule has 24 heavy (non-hydrogen) atoms. The van der Waals surface area contributed by atoms with Crippen molar-refractivity contribution in [3.8, 4) is 22.6 Å². The summed E-state index contributed by atoms with van der Waals surface area (Å²) in [7, 11) is 1.55. The van der Waals surface area contributed by atoms with Gasteiger partial charge in [0.1, 0.15) is 17.1 Å². The minimum absolute atomic E-state index is 0.126. The Labute approximate surface area is 141 Å². The first-order valence-corrected chi connectivity index (χ1v) is 7.65. The van der Waals surface area contributed by atoms with Gasteiger partial charge in [0.15, 0.2) is 0 Å². The lowest BCUT2D eigenvalue weighted by Gasteiger charge is -2.19. The van der Waals surface area contributed by atoms with Crippen LogP contribution in [0.15, 0.2) is 30.6 Å². The zero-order valence-electron chi connectivity index (χ0n) is 14.4. The van der Waals surface area contributed by atoms with Gasteiger partial charge >= 0.3 is 6.09 Å². The molecule has 0 atom stereocenters. The van der Waals surface area contributed by atoms with Crippen LogP contribution in [-0.2, 0) is 11.3 Å². The normalized spacial score (nSPS) is 11.2. The fourth-order valence-electron chi connectivity index (χ4n) is 2.09. The van der Waals surface area contributed by atoms with Crippen molar-refractivity contribution in [3.63, 3.8) is 0 Å². The molecular weight excluding hydrogens is 310 g/mol. The van der Waals surface area contributed by atoms with Crippen LogP contribution in [-0.4, -0.2) is 40.2 Å². The summed E-state index contributed by atoms with van der Waals surface area (Å²) in [4.78, 5) is 11.6. The van der Waals surface area contributed by atoms with Gasteiger partial charge in [0.2, 0.25) is 0 Å². The number of nitrogens with one attached hydrogen (secondary N) is 1. The number of methoxy groups -OCH3 is 1. The molecule has 1 heterocycles. The van der Waals surface area contributed by atoms with Crippen molar-refractivity contribution in [3.05, 3.63) is 30.6 Å². The van der Waals surface area contributed by atoms with Crippen molar-refractivity contribution in [1.82, 2.24) is 15.1 Å². The topological polar surface area (TPSA) is 85.6 Å². The van der Waals surface area contributed by atoms with Crippen LogP contribution in [0, 0.1) is 0 Å². The van der Waals surface area contributed by atoms with Crippen LogP contribution in [0.5, 0.6) is 11.5 Å². The molecule has 7 heteroatoms. The molecule has 0 aliphatic heterocycles. The minimum atomic E-state index is -0.519. The van der Waals surface area contributed by atoms with Crippen LogP contribution in [0.4, 0.5) is 4.79 Å². The van der Waals surface area contributed by atoms with Gasteiger partial charge in [-0.05, 0) is 32.9 Å². The summed E-state index contributed by atoms with van der Waals surface area (Å²) in [6.07, 6.45) is 3.01. The molecule has 130 valence electrons. The molecule has 1 amide bonds. The van der Waals surface area contributed by atoms with E-state index in [0.29, 0.717) is 24.4 Å². The van der Waals surface area contributed by atoms with Crippen LogP contribution >= 0.6 is 0 Å². The number of nitrogens with zero attached hydrogens (tertiary/aromatic N) is 2. The van der Waals surface area contributed by atoms with Crippen molar-refractivity contribution >= 4 is 6.09 Å². The number of rotatable bonds is 5. The molecule has 2 aromatic rings. The number of benzene rings is 1. The molecule has 0 aliphatic carbocycles. The van der Waals surface area contributed by atoms with E-state index in [4.69, 9.17) is 9.47 Å². The third-order valence-electron chi connectivity index (χ3n) is 3.16.